The Morgan fingerprint density at radius 1 is 1.43 bits per heavy atom. The Morgan fingerprint density at radius 3 is 2.52 bits per heavy atom. The molecule has 0 bridgehead atoms. The lowest BCUT2D eigenvalue weighted by Gasteiger charge is -2.17. The number of anilines is 1. The standard InChI is InChI=1S/C13H21N3O4S/c1-9(6-7-16(2)3)15-21(19,20)12-5-4-10(13(17)18)8-11(12)14/h4-5,8-9,15H,6-7,14H2,1-3H3,(H,17,18). The van der Waals surface area contributed by atoms with Crippen LogP contribution in [0.15, 0.2) is 23.1 Å². The molecular weight excluding hydrogens is 294 g/mol. The first kappa shape index (κ1) is 17.4. The Bertz CT molecular complexity index is 614. The molecule has 21 heavy (non-hydrogen) atoms. The van der Waals surface area contributed by atoms with Gasteiger partial charge in [0.25, 0.3) is 0 Å². The third-order valence-corrected chi connectivity index (χ3v) is 4.58. The molecule has 0 saturated heterocycles. The fraction of sp³-hybridized carbons (Fsp3) is 0.462. The summed E-state index contributed by atoms with van der Waals surface area (Å²) >= 11 is 0. The minimum atomic E-state index is -3.77. The molecule has 0 aliphatic heterocycles. The molecule has 0 aliphatic carbocycles. The van der Waals surface area contributed by atoms with Gasteiger partial charge in [0.05, 0.1) is 11.3 Å². The number of rotatable bonds is 7. The van der Waals surface area contributed by atoms with Gasteiger partial charge in [0, 0.05) is 6.04 Å². The van der Waals surface area contributed by atoms with E-state index in [0.717, 1.165) is 12.6 Å². The first-order chi connectivity index (χ1) is 9.63. The van der Waals surface area contributed by atoms with Crippen LogP contribution in [0.4, 0.5) is 5.69 Å². The van der Waals surface area contributed by atoms with E-state index in [1.54, 1.807) is 6.92 Å². The van der Waals surface area contributed by atoms with Gasteiger partial charge in [-0.25, -0.2) is 17.9 Å². The molecule has 0 aromatic heterocycles. The predicted octanol–water partition coefficient (Wildman–Crippen LogP) is 0.586. The maximum atomic E-state index is 12.2. The molecule has 8 heteroatoms. The highest BCUT2D eigenvalue weighted by molar-refractivity contribution is 7.89. The smallest absolute Gasteiger partial charge is 0.335 e. The number of nitrogens with one attached hydrogen (secondary N) is 1. The molecule has 0 aliphatic rings. The van der Waals surface area contributed by atoms with Crippen molar-refractivity contribution in [1.29, 1.82) is 0 Å². The van der Waals surface area contributed by atoms with Gasteiger partial charge in [-0.1, -0.05) is 0 Å². The summed E-state index contributed by atoms with van der Waals surface area (Å²) in [5.74, 6) is -1.15. The summed E-state index contributed by atoms with van der Waals surface area (Å²) < 4.78 is 27.0. The van der Waals surface area contributed by atoms with Crippen LogP contribution in [0.2, 0.25) is 0 Å². The summed E-state index contributed by atoms with van der Waals surface area (Å²) in [4.78, 5) is 12.7. The van der Waals surface area contributed by atoms with Crippen LogP contribution in [0.5, 0.6) is 0 Å². The minimum Gasteiger partial charge on any atom is -0.478 e. The van der Waals surface area contributed by atoms with Crippen LogP contribution in [-0.4, -0.2) is 51.1 Å². The van der Waals surface area contributed by atoms with E-state index < -0.39 is 16.0 Å². The first-order valence-corrected chi connectivity index (χ1v) is 7.91. The second-order valence-electron chi connectivity index (χ2n) is 5.17. The van der Waals surface area contributed by atoms with Crippen molar-refractivity contribution < 1.29 is 18.3 Å². The van der Waals surface area contributed by atoms with Gasteiger partial charge in [-0.3, -0.25) is 0 Å². The van der Waals surface area contributed by atoms with Gasteiger partial charge in [0.15, 0.2) is 0 Å². The zero-order chi connectivity index (χ0) is 16.2. The molecule has 4 N–H and O–H groups in total. The zero-order valence-electron chi connectivity index (χ0n) is 12.3. The second-order valence-corrected chi connectivity index (χ2v) is 6.85. The highest BCUT2D eigenvalue weighted by Crippen LogP contribution is 2.20. The number of nitrogen functional groups attached to an aromatic ring is 1. The molecule has 1 aromatic carbocycles. The molecule has 118 valence electrons. The molecular formula is C13H21N3O4S. The fourth-order valence-corrected chi connectivity index (χ4v) is 3.16. The van der Waals surface area contributed by atoms with E-state index >= 15 is 0 Å². The summed E-state index contributed by atoms with van der Waals surface area (Å²) in [5.41, 5.74) is 5.52. The Balaban J connectivity index is 2.90. The van der Waals surface area contributed by atoms with Crippen LogP contribution in [0, 0.1) is 0 Å². The largest absolute Gasteiger partial charge is 0.478 e. The number of benzene rings is 1. The highest BCUT2D eigenvalue weighted by Gasteiger charge is 2.21. The van der Waals surface area contributed by atoms with Gasteiger partial charge in [-0.05, 0) is 52.2 Å². The van der Waals surface area contributed by atoms with Crippen molar-refractivity contribution in [2.45, 2.75) is 24.3 Å². The number of nitrogens with zero attached hydrogens (tertiary/aromatic N) is 1. The summed E-state index contributed by atoms with van der Waals surface area (Å²) in [6.07, 6.45) is 0.652. The predicted molar refractivity (Wildman–Crippen MR) is 80.8 cm³/mol. The van der Waals surface area contributed by atoms with Crippen LogP contribution in [0.25, 0.3) is 0 Å². The maximum absolute atomic E-state index is 12.2. The molecule has 0 amide bonds. The van der Waals surface area contributed by atoms with Crippen LogP contribution in [0.3, 0.4) is 0 Å². The Labute approximate surface area is 124 Å². The van der Waals surface area contributed by atoms with Crippen LogP contribution < -0.4 is 10.5 Å². The summed E-state index contributed by atoms with van der Waals surface area (Å²) in [5, 5.41) is 8.85. The van der Waals surface area contributed by atoms with Crippen molar-refractivity contribution in [3.8, 4) is 0 Å². The molecule has 1 atom stereocenters. The van der Waals surface area contributed by atoms with Crippen LogP contribution in [0.1, 0.15) is 23.7 Å². The van der Waals surface area contributed by atoms with Crippen molar-refractivity contribution in [3.63, 3.8) is 0 Å². The number of carboxylic acid groups (broad SMARTS) is 1. The number of aromatic carboxylic acids is 1. The number of hydrogen-bond acceptors (Lipinski definition) is 5. The SMILES string of the molecule is CC(CCN(C)C)NS(=O)(=O)c1ccc(C(=O)O)cc1N. The second kappa shape index (κ2) is 6.88. The van der Waals surface area contributed by atoms with Crippen LogP contribution >= 0.6 is 0 Å². The van der Waals surface area contributed by atoms with Crippen molar-refractivity contribution in [2.24, 2.45) is 0 Å². The Kier molecular flexibility index (Phi) is 5.70. The number of hydrogen-bond donors (Lipinski definition) is 3. The van der Waals surface area contributed by atoms with Gasteiger partial charge in [-0.15, -0.1) is 0 Å². The molecule has 0 heterocycles. The number of nitrogens with two attached hydrogens (primary N) is 1. The number of sulfonamides is 1. The lowest BCUT2D eigenvalue weighted by Crippen LogP contribution is -2.35. The molecule has 0 radical (unpaired) electrons. The van der Waals surface area contributed by atoms with Gasteiger partial charge in [-0.2, -0.15) is 0 Å². The van der Waals surface area contributed by atoms with Crippen LogP contribution in [-0.2, 0) is 10.0 Å². The lowest BCUT2D eigenvalue weighted by atomic mass is 10.2. The average molecular weight is 315 g/mol. The van der Waals surface area contributed by atoms with Crippen molar-refractivity contribution >= 4 is 21.7 Å². The number of carboxylic acids is 1. The molecule has 0 saturated carbocycles. The lowest BCUT2D eigenvalue weighted by molar-refractivity contribution is 0.0697. The van der Waals surface area contributed by atoms with E-state index in [0.29, 0.717) is 6.42 Å². The molecule has 1 aromatic rings. The van der Waals surface area contributed by atoms with E-state index in [1.807, 2.05) is 19.0 Å². The minimum absolute atomic E-state index is 0.0490. The molecule has 0 fully saturated rings. The summed E-state index contributed by atoms with van der Waals surface area (Å²) in [7, 11) is 0.0462. The summed E-state index contributed by atoms with van der Waals surface area (Å²) in [6.45, 7) is 2.51. The van der Waals surface area contributed by atoms with E-state index in [2.05, 4.69) is 4.72 Å². The van der Waals surface area contributed by atoms with Crippen molar-refractivity contribution in [1.82, 2.24) is 9.62 Å². The third-order valence-electron chi connectivity index (χ3n) is 2.91. The quantitative estimate of drug-likeness (QED) is 0.635. The summed E-state index contributed by atoms with van der Waals surface area (Å²) in [6, 6.07) is 3.31. The maximum Gasteiger partial charge on any atom is 0.335 e. The Morgan fingerprint density at radius 2 is 2.05 bits per heavy atom. The van der Waals surface area contributed by atoms with E-state index in [4.69, 9.17) is 10.8 Å². The molecule has 1 unspecified atom stereocenters. The normalized spacial score (nSPS) is 13.3. The third kappa shape index (κ3) is 5.00. The van der Waals surface area contributed by atoms with Gasteiger partial charge >= 0.3 is 5.97 Å². The van der Waals surface area contributed by atoms with E-state index in [1.165, 1.54) is 12.1 Å². The van der Waals surface area contributed by atoms with E-state index in [-0.39, 0.29) is 22.2 Å². The average Bonchev–Trinajstić information content (AvgIpc) is 2.35. The topological polar surface area (TPSA) is 113 Å². The highest BCUT2D eigenvalue weighted by atomic mass is 32.2. The van der Waals surface area contributed by atoms with E-state index in [9.17, 15) is 13.2 Å². The van der Waals surface area contributed by atoms with Crippen molar-refractivity contribution in [3.05, 3.63) is 23.8 Å². The van der Waals surface area contributed by atoms with Gasteiger partial charge in [0.2, 0.25) is 10.0 Å². The number of carbonyl (C=O) groups is 1. The van der Waals surface area contributed by atoms with Crippen molar-refractivity contribution in [2.75, 3.05) is 26.4 Å². The Hall–Kier alpha value is -1.64. The zero-order valence-corrected chi connectivity index (χ0v) is 13.1. The fourth-order valence-electron chi connectivity index (χ4n) is 1.77. The first-order valence-electron chi connectivity index (χ1n) is 6.43. The molecule has 1 rings (SSSR count). The monoisotopic (exact) mass is 315 g/mol. The molecule has 0 spiro atoms. The molecule has 7 nitrogen and oxygen atoms in total. The van der Waals surface area contributed by atoms with Gasteiger partial charge in [0.1, 0.15) is 4.90 Å². The van der Waals surface area contributed by atoms with Gasteiger partial charge < -0.3 is 15.7 Å².